The van der Waals surface area contributed by atoms with E-state index in [1.807, 2.05) is 0 Å². The molecule has 2 nitrogen and oxygen atoms in total. The van der Waals surface area contributed by atoms with Crippen molar-refractivity contribution >= 4 is 29.0 Å². The Bertz CT molecular complexity index is 337. The number of carbonyl (C=O) groups excluding carboxylic acids is 1. The van der Waals surface area contributed by atoms with E-state index in [2.05, 4.69) is 0 Å². The Hall–Kier alpha value is -0.730. The smallest absolute Gasteiger partial charge is 0.152 e. The minimum Gasteiger partial charge on any atom is -0.508 e. The van der Waals surface area contributed by atoms with Crippen LogP contribution in [0.1, 0.15) is 11.1 Å². The van der Waals surface area contributed by atoms with Crippen LogP contribution in [-0.4, -0.2) is 16.8 Å². The Morgan fingerprint density at radius 1 is 1.36 bits per heavy atom. The molecule has 4 heteroatoms. The van der Waals surface area contributed by atoms with Crippen molar-refractivity contribution in [2.75, 3.05) is 5.88 Å². The van der Waals surface area contributed by atoms with Crippen molar-refractivity contribution in [3.8, 4) is 5.75 Å². The summed E-state index contributed by atoms with van der Waals surface area (Å²) in [5.74, 6) is 0.318. The van der Waals surface area contributed by atoms with E-state index < -0.39 is 0 Å². The molecule has 0 saturated carbocycles. The number of hydrogen-bond donors (Lipinski definition) is 1. The molecule has 0 bridgehead atoms. The number of phenolic OH excluding ortho intramolecular Hbond substituents is 1. The molecule has 0 atom stereocenters. The Labute approximate surface area is 92.5 Å². The van der Waals surface area contributed by atoms with E-state index in [9.17, 15) is 9.90 Å². The maximum absolute atomic E-state index is 11.1. The summed E-state index contributed by atoms with van der Waals surface area (Å²) in [6.45, 7) is 0. The van der Waals surface area contributed by atoms with Crippen LogP contribution in [0.3, 0.4) is 0 Å². The third-order valence-corrected chi connectivity index (χ3v) is 2.44. The first-order valence-corrected chi connectivity index (χ1v) is 5.18. The summed E-state index contributed by atoms with van der Waals surface area (Å²) in [4.78, 5) is 11.1. The quantitative estimate of drug-likeness (QED) is 0.811. The van der Waals surface area contributed by atoms with Crippen LogP contribution in [-0.2, 0) is 17.1 Å². The minimum absolute atomic E-state index is 0.0372. The summed E-state index contributed by atoms with van der Waals surface area (Å²) in [6, 6.07) is 4.97. The third-order valence-electron chi connectivity index (χ3n) is 1.83. The van der Waals surface area contributed by atoms with Gasteiger partial charge in [-0.2, -0.15) is 0 Å². The van der Waals surface area contributed by atoms with Crippen molar-refractivity contribution in [2.24, 2.45) is 0 Å². The largest absolute Gasteiger partial charge is 0.508 e. The Morgan fingerprint density at radius 2 is 2.07 bits per heavy atom. The predicted molar refractivity (Wildman–Crippen MR) is 57.1 cm³/mol. The van der Waals surface area contributed by atoms with Gasteiger partial charge in [-0.25, -0.2) is 0 Å². The van der Waals surface area contributed by atoms with E-state index in [0.29, 0.717) is 11.4 Å². The lowest BCUT2D eigenvalue weighted by Gasteiger charge is -2.04. The maximum atomic E-state index is 11.1. The molecule has 1 aromatic rings. The molecule has 0 aliphatic rings. The van der Waals surface area contributed by atoms with Gasteiger partial charge in [-0.05, 0) is 11.6 Å². The number of alkyl halides is 2. The molecule has 1 N–H and O–H groups in total. The molecular weight excluding hydrogens is 223 g/mol. The second kappa shape index (κ2) is 5.23. The topological polar surface area (TPSA) is 37.3 Å². The summed E-state index contributed by atoms with van der Waals surface area (Å²) < 4.78 is 0. The number of rotatable bonds is 4. The van der Waals surface area contributed by atoms with E-state index in [1.54, 1.807) is 12.1 Å². The fourth-order valence-corrected chi connectivity index (χ4v) is 1.38. The zero-order valence-electron chi connectivity index (χ0n) is 7.46. The molecule has 76 valence electrons. The van der Waals surface area contributed by atoms with Gasteiger partial charge in [0.1, 0.15) is 5.75 Å². The highest BCUT2D eigenvalue weighted by molar-refractivity contribution is 6.27. The van der Waals surface area contributed by atoms with Gasteiger partial charge in [-0.3, -0.25) is 4.79 Å². The molecule has 14 heavy (non-hydrogen) atoms. The standard InChI is InChI=1S/C10H10Cl2O2/c11-5-7-1-2-10(14)8(3-7)4-9(13)6-12/h1-3,14H,4-6H2. The molecule has 1 rings (SSSR count). The second-order valence-electron chi connectivity index (χ2n) is 2.95. The predicted octanol–water partition coefficient (Wildman–Crippen LogP) is 2.48. The molecule has 0 fully saturated rings. The van der Waals surface area contributed by atoms with Crippen molar-refractivity contribution < 1.29 is 9.90 Å². The Balaban J connectivity index is 2.89. The average molecular weight is 233 g/mol. The van der Waals surface area contributed by atoms with Crippen LogP contribution >= 0.6 is 23.2 Å². The first-order valence-electron chi connectivity index (χ1n) is 4.11. The number of phenols is 1. The van der Waals surface area contributed by atoms with Crippen molar-refractivity contribution in [3.05, 3.63) is 29.3 Å². The molecule has 0 amide bonds. The summed E-state index contributed by atoms with van der Waals surface area (Å²) in [6.07, 6.45) is 0.153. The maximum Gasteiger partial charge on any atom is 0.152 e. The summed E-state index contributed by atoms with van der Waals surface area (Å²) in [5, 5.41) is 9.44. The van der Waals surface area contributed by atoms with Crippen molar-refractivity contribution in [1.29, 1.82) is 0 Å². The summed E-state index contributed by atoms with van der Waals surface area (Å²) in [7, 11) is 0. The Morgan fingerprint density at radius 3 is 2.64 bits per heavy atom. The highest BCUT2D eigenvalue weighted by atomic mass is 35.5. The molecule has 0 heterocycles. The van der Waals surface area contributed by atoms with Gasteiger partial charge >= 0.3 is 0 Å². The summed E-state index contributed by atoms with van der Waals surface area (Å²) >= 11 is 11.0. The molecule has 1 aromatic carbocycles. The van der Waals surface area contributed by atoms with Crippen LogP contribution in [0.15, 0.2) is 18.2 Å². The first kappa shape index (κ1) is 11.3. The van der Waals surface area contributed by atoms with Crippen LogP contribution in [0.5, 0.6) is 5.75 Å². The highest BCUT2D eigenvalue weighted by Gasteiger charge is 2.07. The van der Waals surface area contributed by atoms with Crippen LogP contribution in [0.4, 0.5) is 0 Å². The molecule has 0 aliphatic carbocycles. The molecule has 0 saturated heterocycles. The van der Waals surface area contributed by atoms with Gasteiger partial charge in [0.2, 0.25) is 0 Å². The van der Waals surface area contributed by atoms with Crippen LogP contribution < -0.4 is 0 Å². The first-order chi connectivity index (χ1) is 6.67. The number of benzene rings is 1. The van der Waals surface area contributed by atoms with Gasteiger partial charge < -0.3 is 5.11 Å². The van der Waals surface area contributed by atoms with E-state index in [4.69, 9.17) is 23.2 Å². The molecule has 0 spiro atoms. The monoisotopic (exact) mass is 232 g/mol. The number of Topliss-reactive ketones (excluding diaryl/α,β-unsaturated/α-hetero) is 1. The van der Waals surface area contributed by atoms with E-state index >= 15 is 0 Å². The lowest BCUT2D eigenvalue weighted by molar-refractivity contribution is -0.116. The molecular formula is C10H10Cl2O2. The van der Waals surface area contributed by atoms with E-state index in [0.717, 1.165) is 5.56 Å². The zero-order valence-corrected chi connectivity index (χ0v) is 8.98. The average Bonchev–Trinajstić information content (AvgIpc) is 2.21. The zero-order chi connectivity index (χ0) is 10.6. The fourth-order valence-electron chi connectivity index (χ4n) is 1.12. The van der Waals surface area contributed by atoms with Crippen LogP contribution in [0.25, 0.3) is 0 Å². The van der Waals surface area contributed by atoms with Gasteiger partial charge in [0.25, 0.3) is 0 Å². The third kappa shape index (κ3) is 2.89. The summed E-state index contributed by atoms with van der Waals surface area (Å²) in [5.41, 5.74) is 1.45. The van der Waals surface area contributed by atoms with Crippen molar-refractivity contribution in [3.63, 3.8) is 0 Å². The number of hydrogen-bond acceptors (Lipinski definition) is 2. The van der Waals surface area contributed by atoms with Gasteiger partial charge in [-0.15, -0.1) is 23.2 Å². The van der Waals surface area contributed by atoms with Crippen LogP contribution in [0.2, 0.25) is 0 Å². The van der Waals surface area contributed by atoms with E-state index in [1.165, 1.54) is 6.07 Å². The Kier molecular flexibility index (Phi) is 4.23. The number of carbonyl (C=O) groups is 1. The fraction of sp³-hybridized carbons (Fsp3) is 0.300. The van der Waals surface area contributed by atoms with Gasteiger partial charge in [0, 0.05) is 17.9 Å². The molecule has 0 aromatic heterocycles. The SMILES string of the molecule is O=C(CCl)Cc1cc(CCl)ccc1O. The molecule has 0 aliphatic heterocycles. The van der Waals surface area contributed by atoms with Crippen LogP contribution in [0, 0.1) is 0 Å². The number of halogens is 2. The van der Waals surface area contributed by atoms with Gasteiger partial charge in [0.15, 0.2) is 5.78 Å². The van der Waals surface area contributed by atoms with Crippen molar-refractivity contribution in [1.82, 2.24) is 0 Å². The van der Waals surface area contributed by atoms with Crippen molar-refractivity contribution in [2.45, 2.75) is 12.3 Å². The normalized spacial score (nSPS) is 10.1. The highest BCUT2D eigenvalue weighted by Crippen LogP contribution is 2.20. The minimum atomic E-state index is -0.117. The lowest BCUT2D eigenvalue weighted by Crippen LogP contribution is -2.04. The number of aromatic hydroxyl groups is 1. The lowest BCUT2D eigenvalue weighted by atomic mass is 10.1. The molecule has 0 unspecified atom stereocenters. The second-order valence-corrected chi connectivity index (χ2v) is 3.48. The number of ketones is 1. The van der Waals surface area contributed by atoms with Gasteiger partial charge in [0.05, 0.1) is 5.88 Å². The molecule has 0 radical (unpaired) electrons. The van der Waals surface area contributed by atoms with E-state index in [-0.39, 0.29) is 23.8 Å². The van der Waals surface area contributed by atoms with Gasteiger partial charge in [-0.1, -0.05) is 12.1 Å².